The van der Waals surface area contributed by atoms with Gasteiger partial charge < -0.3 is 0 Å². The molecule has 4 atom stereocenters. The summed E-state index contributed by atoms with van der Waals surface area (Å²) in [6.45, 7) is 3.80. The third-order valence-electron chi connectivity index (χ3n) is 15.4. The van der Waals surface area contributed by atoms with E-state index in [2.05, 4.69) is 58.0 Å². The molecule has 1 saturated carbocycles. The molecule has 5 aromatic carbocycles. The van der Waals surface area contributed by atoms with E-state index in [4.69, 9.17) is 10.2 Å². The van der Waals surface area contributed by atoms with Crippen LogP contribution >= 0.6 is 0 Å². The highest BCUT2D eigenvalue weighted by Crippen LogP contribution is 2.40. The van der Waals surface area contributed by atoms with Gasteiger partial charge in [0.25, 0.3) is 0 Å². The largest absolute Gasteiger partial charge is 0.237 e. The van der Waals surface area contributed by atoms with Crippen LogP contribution in [-0.4, -0.2) is 42.4 Å². The molecule has 76 heavy (non-hydrogen) atoms. The van der Waals surface area contributed by atoms with Crippen molar-refractivity contribution >= 4 is 32.2 Å². The smallest absolute Gasteiger partial charge is 0.234 e. The Labute approximate surface area is 448 Å². The van der Waals surface area contributed by atoms with Gasteiger partial charge in [-0.05, 0) is 174 Å². The number of sulfonamides is 2. The molecule has 3 aliphatic rings. The molecule has 2 N–H and O–H groups in total. The summed E-state index contributed by atoms with van der Waals surface area (Å²) in [7, 11) is -7.31. The normalized spacial score (nSPS) is 17.9. The zero-order chi connectivity index (χ0) is 53.1. The van der Waals surface area contributed by atoms with Crippen molar-refractivity contribution in [3.05, 3.63) is 213 Å². The number of benzene rings is 5. The van der Waals surface area contributed by atoms with E-state index < -0.39 is 20.0 Å². The van der Waals surface area contributed by atoms with Gasteiger partial charge in [0.05, 0.1) is 34.2 Å². The van der Waals surface area contributed by atoms with Crippen LogP contribution < -0.4 is 9.44 Å². The van der Waals surface area contributed by atoms with Crippen LogP contribution in [0.25, 0.3) is 23.5 Å². The van der Waals surface area contributed by atoms with Crippen molar-refractivity contribution in [3.63, 3.8) is 0 Å². The first-order valence-electron chi connectivity index (χ1n) is 27.1. The number of rotatable bonds is 18. The summed E-state index contributed by atoms with van der Waals surface area (Å²) in [6, 6.07) is 42.6. The monoisotopic (exact) mass is 1060 g/mol. The molecule has 2 heterocycles. The van der Waals surface area contributed by atoms with E-state index in [1.807, 2.05) is 65.7 Å². The van der Waals surface area contributed by atoms with Crippen molar-refractivity contribution < 1.29 is 25.6 Å². The topological polar surface area (TPSA) is 128 Å². The number of hydrogen-bond acceptors (Lipinski definition) is 6. The van der Waals surface area contributed by atoms with Crippen molar-refractivity contribution in [1.82, 2.24) is 29.0 Å². The first-order valence-corrected chi connectivity index (χ1v) is 30.2. The number of fused-ring (bicyclic) bond motifs is 2. The predicted molar refractivity (Wildman–Crippen MR) is 301 cm³/mol. The summed E-state index contributed by atoms with van der Waals surface area (Å²) in [5.74, 6) is 0.356. The lowest BCUT2D eigenvalue weighted by molar-refractivity contribution is 0.303. The maximum Gasteiger partial charge on any atom is 0.234 e. The highest BCUT2D eigenvalue weighted by Gasteiger charge is 2.31. The second kappa shape index (κ2) is 25.2. The van der Waals surface area contributed by atoms with E-state index in [0.29, 0.717) is 23.2 Å². The lowest BCUT2D eigenvalue weighted by Gasteiger charge is -2.27. The van der Waals surface area contributed by atoms with Gasteiger partial charge in [0.15, 0.2) is 0 Å². The van der Waals surface area contributed by atoms with Crippen molar-refractivity contribution in [2.45, 2.75) is 134 Å². The van der Waals surface area contributed by atoms with Gasteiger partial charge in [0.2, 0.25) is 20.0 Å². The molecule has 398 valence electrons. The summed E-state index contributed by atoms with van der Waals surface area (Å²) in [6.07, 6.45) is 18.6. The maximum absolute atomic E-state index is 13.7. The van der Waals surface area contributed by atoms with Gasteiger partial charge in [-0.2, -0.15) is 10.2 Å². The van der Waals surface area contributed by atoms with Gasteiger partial charge in [-0.1, -0.05) is 110 Å². The minimum atomic E-state index is -3.70. The fourth-order valence-electron chi connectivity index (χ4n) is 11.4. The second-order valence-corrected chi connectivity index (χ2v) is 23.9. The molecule has 10 nitrogen and oxygen atoms in total. The Balaban J connectivity index is 0.000000186. The first-order chi connectivity index (χ1) is 36.8. The van der Waals surface area contributed by atoms with Crippen LogP contribution in [0.5, 0.6) is 0 Å². The Kier molecular flexibility index (Phi) is 18.1. The number of aryl methyl sites for hydroxylation is 2. The van der Waals surface area contributed by atoms with E-state index in [9.17, 15) is 25.6 Å². The molecule has 0 saturated heterocycles. The maximum atomic E-state index is 13.7. The minimum Gasteiger partial charge on any atom is -0.237 e. The molecule has 3 aliphatic carbocycles. The molecule has 0 amide bonds. The fraction of sp³-hybridized carbons (Fsp3) is 0.355. The van der Waals surface area contributed by atoms with Gasteiger partial charge in [-0.15, -0.1) is 0 Å². The molecular formula is C62H70F2N6O4S2. The van der Waals surface area contributed by atoms with Crippen molar-refractivity contribution in [1.29, 1.82) is 0 Å². The summed E-state index contributed by atoms with van der Waals surface area (Å²) < 4.78 is 88.6. The average molecular weight is 1070 g/mol. The van der Waals surface area contributed by atoms with Gasteiger partial charge in [-0.25, -0.2) is 44.4 Å². The Bertz CT molecular complexity index is 3290. The number of hydrogen-bond donors (Lipinski definition) is 2. The fourth-order valence-corrected chi connectivity index (χ4v) is 13.5. The lowest BCUT2D eigenvalue weighted by atomic mass is 9.83. The standard InChI is InChI=1S/C31H38FN3O2S.C31H32FN3O2S/c2*1-23(25-11-6-3-7-12-25)34-38(36,37)22-21-30-29-14-8-13-26(16-15-24-9-4-2-5-10-24)31(29)35(33-30)28-19-17-27(32)18-20-28/h2,4-5,9-10,17-23,25-26,34H,3,6-8,11-16H2,1H3;2-7,9-12,17-23,26,34H,8,13-16H2,1H3/b2*22-21+. The molecule has 2 aromatic heterocycles. The Morgan fingerprint density at radius 3 is 1.41 bits per heavy atom. The van der Waals surface area contributed by atoms with Crippen molar-refractivity contribution in [2.24, 2.45) is 5.92 Å². The molecule has 7 aromatic rings. The molecule has 1 fully saturated rings. The highest BCUT2D eigenvalue weighted by molar-refractivity contribution is 7.92. The van der Waals surface area contributed by atoms with E-state index in [1.54, 1.807) is 36.4 Å². The van der Waals surface area contributed by atoms with E-state index in [-0.39, 0.29) is 29.6 Å². The van der Waals surface area contributed by atoms with E-state index >= 15 is 0 Å². The quantitative estimate of drug-likeness (QED) is 0.0881. The SMILES string of the molecule is CC(NS(=O)(=O)/C=C/c1nn(-c2ccc(F)cc2)c2c1CCCC2CCc1ccccc1)C1CCCCC1.CC(NS(=O)(=O)/C=C/c1nn(-c2ccc(F)cc2)c2c1CCCC2CCc1ccccc1)c1ccccc1. The van der Waals surface area contributed by atoms with Gasteiger partial charge >= 0.3 is 0 Å². The molecule has 10 rings (SSSR count). The highest BCUT2D eigenvalue weighted by atomic mass is 32.2. The van der Waals surface area contributed by atoms with E-state index in [0.717, 1.165) is 117 Å². The second-order valence-electron chi connectivity index (χ2n) is 20.8. The van der Waals surface area contributed by atoms with Gasteiger partial charge in [0.1, 0.15) is 11.6 Å². The first kappa shape index (κ1) is 54.5. The number of nitrogens with one attached hydrogen (secondary N) is 2. The minimum absolute atomic E-state index is 0.0852. The average Bonchev–Trinajstić information content (AvgIpc) is 4.03. The number of halogens is 2. The van der Waals surface area contributed by atoms with Gasteiger partial charge in [-0.3, -0.25) is 0 Å². The number of aromatic nitrogens is 4. The molecule has 0 bridgehead atoms. The van der Waals surface area contributed by atoms with Crippen LogP contribution in [0, 0.1) is 17.6 Å². The summed E-state index contributed by atoms with van der Waals surface area (Å²) in [4.78, 5) is 0. The Hall–Kier alpha value is -6.32. The Morgan fingerprint density at radius 1 is 0.539 bits per heavy atom. The lowest BCUT2D eigenvalue weighted by Crippen LogP contribution is -2.37. The summed E-state index contributed by atoms with van der Waals surface area (Å²) >= 11 is 0. The summed E-state index contributed by atoms with van der Waals surface area (Å²) in [5.41, 5.74) is 10.8. The molecule has 0 spiro atoms. The summed E-state index contributed by atoms with van der Waals surface area (Å²) in [5, 5.41) is 12.2. The van der Waals surface area contributed by atoms with Crippen LogP contribution in [0.15, 0.2) is 150 Å². The van der Waals surface area contributed by atoms with E-state index in [1.165, 1.54) is 65.5 Å². The van der Waals surface area contributed by atoms with Crippen LogP contribution in [0.4, 0.5) is 8.78 Å². The predicted octanol–water partition coefficient (Wildman–Crippen LogP) is 13.6. The molecule has 4 unspecified atom stereocenters. The molecular weight excluding hydrogens is 995 g/mol. The zero-order valence-corrected chi connectivity index (χ0v) is 45.2. The Morgan fingerprint density at radius 2 is 0.961 bits per heavy atom. The third-order valence-corrected chi connectivity index (χ3v) is 17.8. The van der Waals surface area contributed by atoms with Crippen LogP contribution in [0.3, 0.4) is 0 Å². The van der Waals surface area contributed by atoms with Crippen molar-refractivity contribution in [3.8, 4) is 11.4 Å². The molecule has 0 radical (unpaired) electrons. The molecule has 14 heteroatoms. The van der Waals surface area contributed by atoms with Crippen LogP contribution in [0.1, 0.15) is 153 Å². The van der Waals surface area contributed by atoms with Crippen LogP contribution in [0.2, 0.25) is 0 Å². The zero-order valence-electron chi connectivity index (χ0n) is 43.6. The van der Waals surface area contributed by atoms with Crippen molar-refractivity contribution in [2.75, 3.05) is 0 Å². The van der Waals surface area contributed by atoms with Crippen LogP contribution in [-0.2, 0) is 45.7 Å². The number of nitrogens with zero attached hydrogens (tertiary/aromatic N) is 4. The molecule has 0 aliphatic heterocycles. The van der Waals surface area contributed by atoms with Gasteiger partial charge in [0, 0.05) is 45.9 Å². The third kappa shape index (κ3) is 14.2.